The Kier molecular flexibility index (Phi) is 6.23. The van der Waals surface area contributed by atoms with E-state index in [1.807, 2.05) is 0 Å². The number of hydrogen-bond acceptors (Lipinski definition) is 4. The van der Waals surface area contributed by atoms with Crippen molar-refractivity contribution >= 4 is 10.1 Å². The molecular formula is C7H15O5S. The van der Waals surface area contributed by atoms with Crippen molar-refractivity contribution in [1.29, 1.82) is 0 Å². The lowest BCUT2D eigenvalue weighted by molar-refractivity contribution is -0.109. The van der Waals surface area contributed by atoms with Gasteiger partial charge in [0.2, 0.25) is 0 Å². The van der Waals surface area contributed by atoms with Gasteiger partial charge in [-0.25, -0.2) is 0 Å². The van der Waals surface area contributed by atoms with Crippen LogP contribution in [0.4, 0.5) is 0 Å². The van der Waals surface area contributed by atoms with E-state index >= 15 is 0 Å². The lowest BCUT2D eigenvalue weighted by Gasteiger charge is -2.11. The van der Waals surface area contributed by atoms with Gasteiger partial charge in [-0.15, -0.1) is 0 Å². The van der Waals surface area contributed by atoms with Gasteiger partial charge in [0.25, 0.3) is 10.1 Å². The maximum absolute atomic E-state index is 10.3. The van der Waals surface area contributed by atoms with Crippen LogP contribution in [0.3, 0.4) is 0 Å². The van der Waals surface area contributed by atoms with Crippen LogP contribution in [-0.4, -0.2) is 38.2 Å². The fourth-order valence-corrected chi connectivity index (χ4v) is 1.17. The molecule has 0 heterocycles. The second-order valence-electron chi connectivity index (χ2n) is 2.40. The predicted molar refractivity (Wildman–Crippen MR) is 47.8 cm³/mol. The van der Waals surface area contributed by atoms with E-state index in [1.165, 1.54) is 0 Å². The van der Waals surface area contributed by atoms with Crippen molar-refractivity contribution in [2.24, 2.45) is 0 Å². The summed E-state index contributed by atoms with van der Waals surface area (Å²) in [4.78, 5) is 0. The van der Waals surface area contributed by atoms with Crippen LogP contribution >= 0.6 is 0 Å². The van der Waals surface area contributed by atoms with E-state index in [-0.39, 0.29) is 18.8 Å². The van der Waals surface area contributed by atoms with Crippen molar-refractivity contribution < 1.29 is 22.4 Å². The fourth-order valence-electron chi connectivity index (χ4n) is 0.690. The number of rotatable bonds is 7. The summed E-state index contributed by atoms with van der Waals surface area (Å²) in [6, 6.07) is 0. The zero-order valence-corrected chi connectivity index (χ0v) is 8.42. The van der Waals surface area contributed by atoms with Gasteiger partial charge in [-0.05, 0) is 13.3 Å². The van der Waals surface area contributed by atoms with Crippen LogP contribution in [0.1, 0.15) is 13.3 Å². The molecule has 79 valence electrons. The first-order valence-electron chi connectivity index (χ1n) is 3.97. The summed E-state index contributed by atoms with van der Waals surface area (Å²) in [5.41, 5.74) is 0. The lowest BCUT2D eigenvalue weighted by Crippen LogP contribution is -2.15. The third-order valence-electron chi connectivity index (χ3n) is 1.20. The van der Waals surface area contributed by atoms with Crippen molar-refractivity contribution in [2.45, 2.75) is 19.6 Å². The van der Waals surface area contributed by atoms with E-state index in [0.717, 1.165) is 0 Å². The molecule has 0 aromatic heterocycles. The minimum atomic E-state index is -3.88. The van der Waals surface area contributed by atoms with E-state index in [9.17, 15) is 8.42 Å². The Balaban J connectivity index is 3.36. The molecule has 1 unspecified atom stereocenters. The van der Waals surface area contributed by atoms with Gasteiger partial charge in [0.1, 0.15) is 0 Å². The first kappa shape index (κ1) is 12.8. The quantitative estimate of drug-likeness (QED) is 0.376. The topological polar surface area (TPSA) is 72.8 Å². The summed E-state index contributed by atoms with van der Waals surface area (Å²) in [5.74, 6) is -0.300. The molecule has 0 saturated carbocycles. The summed E-state index contributed by atoms with van der Waals surface area (Å²) in [6.07, 6.45) is -0.343. The summed E-state index contributed by atoms with van der Waals surface area (Å²) in [5, 5.41) is 0. The standard InChI is InChI=1S/C7H15O5S/c1-3-11-7(2)12-5-4-6-13(8,9)10/h7H,2-6H2,1H3,(H,8,9,10). The van der Waals surface area contributed by atoms with E-state index in [0.29, 0.717) is 6.61 Å². The average Bonchev–Trinajstić information content (AvgIpc) is 1.97. The molecule has 0 bridgehead atoms. The second kappa shape index (κ2) is 6.31. The largest absolute Gasteiger partial charge is 0.353 e. The van der Waals surface area contributed by atoms with Crippen molar-refractivity contribution in [2.75, 3.05) is 19.0 Å². The average molecular weight is 211 g/mol. The SMILES string of the molecule is [CH2]C(OCC)OCCCS(=O)(=O)O. The normalized spacial score (nSPS) is 14.4. The molecule has 1 radical (unpaired) electrons. The molecular weight excluding hydrogens is 196 g/mol. The fraction of sp³-hybridized carbons (Fsp3) is 0.857. The molecule has 0 aliphatic heterocycles. The molecule has 0 fully saturated rings. The van der Waals surface area contributed by atoms with Gasteiger partial charge in [-0.1, -0.05) is 0 Å². The number of ether oxygens (including phenoxy) is 2. The first-order valence-corrected chi connectivity index (χ1v) is 5.58. The van der Waals surface area contributed by atoms with Gasteiger partial charge < -0.3 is 9.47 Å². The van der Waals surface area contributed by atoms with Crippen LogP contribution in [0.5, 0.6) is 0 Å². The molecule has 0 spiro atoms. The summed E-state index contributed by atoms with van der Waals surface area (Å²) in [6.45, 7) is 6.01. The Morgan fingerprint density at radius 1 is 1.46 bits per heavy atom. The monoisotopic (exact) mass is 211 g/mol. The summed E-state index contributed by atoms with van der Waals surface area (Å²) in [7, 11) is -3.88. The van der Waals surface area contributed by atoms with Crippen molar-refractivity contribution in [3.63, 3.8) is 0 Å². The highest BCUT2D eigenvalue weighted by atomic mass is 32.2. The highest BCUT2D eigenvalue weighted by Gasteiger charge is 2.05. The van der Waals surface area contributed by atoms with Gasteiger partial charge in [-0.2, -0.15) is 8.42 Å². The zero-order chi connectivity index (χ0) is 10.3. The van der Waals surface area contributed by atoms with Crippen LogP contribution in [-0.2, 0) is 19.6 Å². The molecule has 6 heteroatoms. The number of hydrogen-bond donors (Lipinski definition) is 1. The Hall–Kier alpha value is -0.170. The van der Waals surface area contributed by atoms with Gasteiger partial charge in [-0.3, -0.25) is 4.55 Å². The van der Waals surface area contributed by atoms with E-state index in [1.54, 1.807) is 6.92 Å². The second-order valence-corrected chi connectivity index (χ2v) is 3.97. The third-order valence-corrected chi connectivity index (χ3v) is 2.01. The minimum Gasteiger partial charge on any atom is -0.353 e. The molecule has 13 heavy (non-hydrogen) atoms. The van der Waals surface area contributed by atoms with Crippen LogP contribution < -0.4 is 0 Å². The maximum Gasteiger partial charge on any atom is 0.264 e. The smallest absolute Gasteiger partial charge is 0.264 e. The van der Waals surface area contributed by atoms with Crippen LogP contribution in [0.25, 0.3) is 0 Å². The zero-order valence-electron chi connectivity index (χ0n) is 7.60. The molecule has 0 rings (SSSR count). The van der Waals surface area contributed by atoms with Gasteiger partial charge in [0.05, 0.1) is 12.4 Å². The van der Waals surface area contributed by atoms with E-state index < -0.39 is 16.4 Å². The predicted octanol–water partition coefficient (Wildman–Crippen LogP) is 0.478. The molecule has 0 aliphatic rings. The van der Waals surface area contributed by atoms with Crippen molar-refractivity contribution in [3.05, 3.63) is 6.92 Å². The lowest BCUT2D eigenvalue weighted by atomic mass is 10.5. The van der Waals surface area contributed by atoms with E-state index in [2.05, 4.69) is 6.92 Å². The van der Waals surface area contributed by atoms with Crippen LogP contribution in [0, 0.1) is 6.92 Å². The highest BCUT2D eigenvalue weighted by Crippen LogP contribution is 1.95. The van der Waals surface area contributed by atoms with Crippen LogP contribution in [0.15, 0.2) is 0 Å². The van der Waals surface area contributed by atoms with Gasteiger partial charge in [0.15, 0.2) is 6.29 Å². The maximum atomic E-state index is 10.3. The van der Waals surface area contributed by atoms with Crippen molar-refractivity contribution in [3.8, 4) is 0 Å². The third kappa shape index (κ3) is 9.75. The van der Waals surface area contributed by atoms with Gasteiger partial charge >= 0.3 is 0 Å². The highest BCUT2D eigenvalue weighted by molar-refractivity contribution is 7.85. The van der Waals surface area contributed by atoms with Crippen LogP contribution in [0.2, 0.25) is 0 Å². The van der Waals surface area contributed by atoms with Crippen molar-refractivity contribution in [1.82, 2.24) is 0 Å². The molecule has 1 atom stereocenters. The molecule has 0 aliphatic carbocycles. The Bertz CT molecular complexity index is 211. The minimum absolute atomic E-state index is 0.202. The Labute approximate surface area is 78.8 Å². The molecule has 0 aromatic carbocycles. The molecule has 0 amide bonds. The summed E-state index contributed by atoms with van der Waals surface area (Å²) < 4.78 is 38.8. The Morgan fingerprint density at radius 3 is 2.54 bits per heavy atom. The molecule has 0 saturated heterocycles. The molecule has 0 aromatic rings. The first-order chi connectivity index (χ1) is 5.95. The molecule has 5 nitrogen and oxygen atoms in total. The molecule has 1 N–H and O–H groups in total. The van der Waals surface area contributed by atoms with Gasteiger partial charge in [0, 0.05) is 13.5 Å². The summed E-state index contributed by atoms with van der Waals surface area (Å²) >= 11 is 0. The van der Waals surface area contributed by atoms with E-state index in [4.69, 9.17) is 14.0 Å². The Morgan fingerprint density at radius 2 is 2.08 bits per heavy atom.